The van der Waals surface area contributed by atoms with Gasteiger partial charge in [-0.05, 0) is 12.3 Å². The van der Waals surface area contributed by atoms with Gasteiger partial charge in [0, 0.05) is 64.9 Å². The molecule has 0 nitrogen and oxygen atoms in total. The molecule has 1 heterocycles. The molecule has 0 N–H and O–H groups in total. The Morgan fingerprint density at radius 2 is 2.12 bits per heavy atom. The summed E-state index contributed by atoms with van der Waals surface area (Å²) in [5.74, 6) is 1.23. The van der Waals surface area contributed by atoms with Gasteiger partial charge in [0.15, 0.2) is 0 Å². The number of rotatable bonds is 0. The molecule has 8 heavy (non-hydrogen) atoms. The topological polar surface area (TPSA) is 0 Å². The third kappa shape index (κ3) is 5.24. The van der Waals surface area contributed by atoms with Crippen molar-refractivity contribution in [3.63, 3.8) is 0 Å². The first-order chi connectivity index (χ1) is 2.89. The molecule has 0 bridgehead atoms. The van der Waals surface area contributed by atoms with Gasteiger partial charge in [-0.3, -0.25) is 0 Å². The first kappa shape index (κ1) is 13.1. The molecule has 36 valence electrons. The van der Waals surface area contributed by atoms with Gasteiger partial charge in [0.1, 0.15) is 0 Å². The van der Waals surface area contributed by atoms with Crippen molar-refractivity contribution >= 4 is 80.7 Å². The molecular formula is C4H6Na2S2. The van der Waals surface area contributed by atoms with Crippen molar-refractivity contribution in [1.29, 1.82) is 0 Å². The van der Waals surface area contributed by atoms with E-state index >= 15 is 0 Å². The second-order valence-corrected chi connectivity index (χ2v) is 3.56. The van der Waals surface area contributed by atoms with E-state index in [1.54, 1.807) is 0 Å². The van der Waals surface area contributed by atoms with E-state index in [0.29, 0.717) is 0 Å². The van der Waals surface area contributed by atoms with Gasteiger partial charge in [-0.2, -0.15) is 0 Å². The average molecular weight is 164 g/mol. The Morgan fingerprint density at radius 1 is 1.50 bits per heavy atom. The zero-order chi connectivity index (χ0) is 4.41. The van der Waals surface area contributed by atoms with Crippen LogP contribution in [0.5, 0.6) is 0 Å². The van der Waals surface area contributed by atoms with Crippen molar-refractivity contribution in [3.05, 3.63) is 11.0 Å². The molecule has 1 rings (SSSR count). The van der Waals surface area contributed by atoms with Crippen LogP contribution < -0.4 is 0 Å². The van der Waals surface area contributed by atoms with Crippen molar-refractivity contribution in [2.45, 2.75) is 6.92 Å². The number of hydrogen-bond donors (Lipinski definition) is 0. The third-order valence-corrected chi connectivity index (χ3v) is 2.86. The predicted molar refractivity (Wildman–Crippen MR) is 45.3 cm³/mol. The van der Waals surface area contributed by atoms with Crippen molar-refractivity contribution in [1.82, 2.24) is 0 Å². The summed E-state index contributed by atoms with van der Waals surface area (Å²) in [7, 11) is 3.74. The first-order valence-corrected chi connectivity index (χ1v) is 4.22. The fourth-order valence-corrected chi connectivity index (χ4v) is 2.49. The molecule has 0 unspecified atom stereocenters. The minimum absolute atomic E-state index is 0. The van der Waals surface area contributed by atoms with E-state index in [1.165, 1.54) is 11.3 Å². The molecule has 2 radical (unpaired) electrons. The van der Waals surface area contributed by atoms with Crippen LogP contribution >= 0.6 is 21.6 Å². The Hall–Kier alpha value is 2.44. The minimum Gasteiger partial charge on any atom is -0.0851 e. The van der Waals surface area contributed by atoms with Crippen LogP contribution in [0.4, 0.5) is 0 Å². The van der Waals surface area contributed by atoms with E-state index in [0.717, 1.165) is 0 Å². The standard InChI is InChI=1S/C4H6S2.2Na/c1-4-2-5-6-3-4;;/h2H,3H2,1H3;;. The summed E-state index contributed by atoms with van der Waals surface area (Å²) in [6.45, 7) is 2.16. The summed E-state index contributed by atoms with van der Waals surface area (Å²) >= 11 is 0. The maximum absolute atomic E-state index is 2.20. The molecule has 0 aromatic carbocycles. The fourth-order valence-electron chi connectivity index (χ4n) is 0.277. The Bertz CT molecular complexity index is 82.1. The van der Waals surface area contributed by atoms with E-state index in [4.69, 9.17) is 0 Å². The van der Waals surface area contributed by atoms with Crippen LogP contribution in [0.25, 0.3) is 0 Å². The maximum atomic E-state index is 2.20. The Morgan fingerprint density at radius 3 is 2.25 bits per heavy atom. The van der Waals surface area contributed by atoms with Crippen LogP contribution in [0.1, 0.15) is 6.92 Å². The summed E-state index contributed by atoms with van der Waals surface area (Å²) in [4.78, 5) is 0. The largest absolute Gasteiger partial charge is 0.0851 e. The Balaban J connectivity index is 0. The monoisotopic (exact) mass is 164 g/mol. The number of hydrogen-bond acceptors (Lipinski definition) is 2. The Kier molecular flexibility index (Phi) is 12.3. The molecule has 1 aliphatic heterocycles. The van der Waals surface area contributed by atoms with Gasteiger partial charge >= 0.3 is 0 Å². The summed E-state index contributed by atoms with van der Waals surface area (Å²) in [5.41, 5.74) is 1.50. The summed E-state index contributed by atoms with van der Waals surface area (Å²) < 4.78 is 0. The molecule has 0 fully saturated rings. The SMILES string of the molecule is CC1=CSSC1.[Na].[Na]. The van der Waals surface area contributed by atoms with Crippen LogP contribution in [-0.2, 0) is 0 Å². The van der Waals surface area contributed by atoms with Crippen molar-refractivity contribution in [2.75, 3.05) is 5.75 Å². The molecule has 0 spiro atoms. The molecule has 1 aliphatic rings. The minimum atomic E-state index is 0. The van der Waals surface area contributed by atoms with Gasteiger partial charge in [-0.15, -0.1) is 0 Å². The molecule has 4 heteroatoms. The van der Waals surface area contributed by atoms with Crippen LogP contribution in [0.15, 0.2) is 11.0 Å². The van der Waals surface area contributed by atoms with Gasteiger partial charge in [0.25, 0.3) is 0 Å². The van der Waals surface area contributed by atoms with Crippen molar-refractivity contribution in [2.24, 2.45) is 0 Å². The van der Waals surface area contributed by atoms with E-state index < -0.39 is 0 Å². The van der Waals surface area contributed by atoms with Gasteiger partial charge in [-0.1, -0.05) is 27.2 Å². The fraction of sp³-hybridized carbons (Fsp3) is 0.500. The van der Waals surface area contributed by atoms with Gasteiger partial charge in [0.05, 0.1) is 0 Å². The normalized spacial score (nSPS) is 15.9. The van der Waals surface area contributed by atoms with Gasteiger partial charge in [-0.25, -0.2) is 0 Å². The smallest absolute Gasteiger partial charge is 0.0256 e. The first-order valence-electron chi connectivity index (χ1n) is 1.83. The second kappa shape index (κ2) is 7.55. The molecule has 0 aromatic rings. The van der Waals surface area contributed by atoms with Crippen molar-refractivity contribution < 1.29 is 0 Å². The van der Waals surface area contributed by atoms with E-state index in [1.807, 2.05) is 21.6 Å². The second-order valence-electron chi connectivity index (χ2n) is 1.32. The van der Waals surface area contributed by atoms with E-state index in [-0.39, 0.29) is 59.1 Å². The van der Waals surface area contributed by atoms with Crippen LogP contribution in [0.3, 0.4) is 0 Å². The Labute approximate surface area is 103 Å². The van der Waals surface area contributed by atoms with Crippen molar-refractivity contribution in [3.8, 4) is 0 Å². The van der Waals surface area contributed by atoms with E-state index in [2.05, 4.69) is 12.3 Å². The quantitative estimate of drug-likeness (QED) is 0.393. The molecule has 0 saturated heterocycles. The summed E-state index contributed by atoms with van der Waals surface area (Å²) in [5, 5.41) is 2.20. The molecular weight excluding hydrogens is 158 g/mol. The summed E-state index contributed by atoms with van der Waals surface area (Å²) in [6, 6.07) is 0. The van der Waals surface area contributed by atoms with Crippen LogP contribution in [0.2, 0.25) is 0 Å². The molecule has 0 atom stereocenters. The maximum Gasteiger partial charge on any atom is 0.0256 e. The summed E-state index contributed by atoms with van der Waals surface area (Å²) in [6.07, 6.45) is 0. The molecule has 0 aromatic heterocycles. The average Bonchev–Trinajstić information content (AvgIpc) is 1.86. The van der Waals surface area contributed by atoms with E-state index in [9.17, 15) is 0 Å². The molecule has 0 amide bonds. The molecule has 0 saturated carbocycles. The van der Waals surface area contributed by atoms with Gasteiger partial charge in [0.2, 0.25) is 0 Å². The zero-order valence-electron chi connectivity index (χ0n) is 5.60. The molecule has 0 aliphatic carbocycles. The third-order valence-electron chi connectivity index (χ3n) is 0.604. The van der Waals surface area contributed by atoms with Crippen LogP contribution in [0, 0.1) is 0 Å². The van der Waals surface area contributed by atoms with Crippen LogP contribution in [-0.4, -0.2) is 64.9 Å². The predicted octanol–water partition coefficient (Wildman–Crippen LogP) is 1.52. The zero-order valence-corrected chi connectivity index (χ0v) is 11.2. The van der Waals surface area contributed by atoms with Gasteiger partial charge < -0.3 is 0 Å².